The Hall–Kier alpha value is -1.07. The van der Waals surface area contributed by atoms with Crippen molar-refractivity contribution in [2.45, 2.75) is 11.8 Å². The molecule has 0 radical (unpaired) electrons. The van der Waals surface area contributed by atoms with E-state index in [1.54, 1.807) is 0 Å². The molecule has 1 aromatic carbocycles. The first-order valence-electron chi connectivity index (χ1n) is 3.96. The second-order valence-corrected chi connectivity index (χ2v) is 3.54. The van der Waals surface area contributed by atoms with Crippen LogP contribution in [0.4, 0.5) is 5.69 Å². The number of carbonyl (C=O) groups excluding carboxylic acids is 1. The zero-order valence-electron chi connectivity index (χ0n) is 7.57. The lowest BCUT2D eigenvalue weighted by Crippen LogP contribution is -2.32. The van der Waals surface area contributed by atoms with Gasteiger partial charge in [0.05, 0.1) is 5.69 Å². The summed E-state index contributed by atoms with van der Waals surface area (Å²) in [5.74, 6) is -0.195. The first kappa shape index (κ1) is 11.0. The molecule has 2 N–H and O–H groups in total. The Labute approximate surface area is 93.3 Å². The Kier molecular flexibility index (Phi) is 3.91. The number of hydrogen-bond donors (Lipinski definition) is 3. The summed E-state index contributed by atoms with van der Waals surface area (Å²) in [6.45, 7) is 1.40. The van der Waals surface area contributed by atoms with Gasteiger partial charge in [0, 0.05) is 11.8 Å². The maximum absolute atomic E-state index is 10.7. The fraction of sp³-hybridized carbons (Fsp3) is 0.111. The highest BCUT2D eigenvalue weighted by Gasteiger charge is 2.01. The molecule has 74 valence electrons. The highest BCUT2D eigenvalue weighted by Crippen LogP contribution is 2.18. The molecule has 5 heteroatoms. The van der Waals surface area contributed by atoms with Gasteiger partial charge in [-0.05, 0) is 24.4 Å². The molecular formula is C9H10N2OS2. The van der Waals surface area contributed by atoms with Crippen LogP contribution in [0.5, 0.6) is 0 Å². The zero-order valence-corrected chi connectivity index (χ0v) is 9.28. The van der Waals surface area contributed by atoms with E-state index >= 15 is 0 Å². The van der Waals surface area contributed by atoms with E-state index in [9.17, 15) is 4.79 Å². The lowest BCUT2D eigenvalue weighted by atomic mass is 10.3. The van der Waals surface area contributed by atoms with Crippen molar-refractivity contribution in [3.05, 3.63) is 24.3 Å². The van der Waals surface area contributed by atoms with Crippen LogP contribution in [0.2, 0.25) is 0 Å². The second-order valence-electron chi connectivity index (χ2n) is 2.65. The van der Waals surface area contributed by atoms with Crippen LogP contribution in [0.15, 0.2) is 29.2 Å². The minimum absolute atomic E-state index is 0.195. The monoisotopic (exact) mass is 226 g/mol. The molecule has 1 aromatic rings. The Balaban J connectivity index is 2.65. The largest absolute Gasteiger partial charge is 0.331 e. The molecule has 0 aliphatic rings. The zero-order chi connectivity index (χ0) is 10.6. The fourth-order valence-corrected chi connectivity index (χ4v) is 1.36. The highest BCUT2D eigenvalue weighted by molar-refractivity contribution is 7.81. The topological polar surface area (TPSA) is 41.1 Å². The number of rotatable bonds is 1. The number of carbonyl (C=O) groups is 1. The summed E-state index contributed by atoms with van der Waals surface area (Å²) in [5.41, 5.74) is 0.773. The molecule has 0 aromatic heterocycles. The van der Waals surface area contributed by atoms with Crippen molar-refractivity contribution in [2.24, 2.45) is 0 Å². The van der Waals surface area contributed by atoms with Gasteiger partial charge in [0.15, 0.2) is 5.11 Å². The molecule has 0 saturated carbocycles. The third kappa shape index (κ3) is 3.35. The van der Waals surface area contributed by atoms with Gasteiger partial charge in [-0.3, -0.25) is 4.79 Å². The number of hydrogen-bond acceptors (Lipinski definition) is 3. The number of thiocarbonyl (C=S) groups is 1. The second kappa shape index (κ2) is 4.97. The van der Waals surface area contributed by atoms with E-state index in [0.717, 1.165) is 10.6 Å². The van der Waals surface area contributed by atoms with Gasteiger partial charge in [0.1, 0.15) is 0 Å². The third-order valence-corrected chi connectivity index (χ3v) is 2.04. The smallest absolute Gasteiger partial charge is 0.222 e. The van der Waals surface area contributed by atoms with Gasteiger partial charge >= 0.3 is 0 Å². The van der Waals surface area contributed by atoms with E-state index in [1.165, 1.54) is 6.92 Å². The van der Waals surface area contributed by atoms with Crippen molar-refractivity contribution in [1.29, 1.82) is 0 Å². The van der Waals surface area contributed by atoms with Gasteiger partial charge in [-0.1, -0.05) is 12.1 Å². The molecule has 0 saturated heterocycles. The summed E-state index contributed by atoms with van der Waals surface area (Å²) in [5, 5.41) is 5.61. The summed E-state index contributed by atoms with van der Waals surface area (Å²) >= 11 is 9.12. The van der Waals surface area contributed by atoms with Crippen LogP contribution in [0, 0.1) is 0 Å². The van der Waals surface area contributed by atoms with Crippen molar-refractivity contribution in [2.75, 3.05) is 5.32 Å². The van der Waals surface area contributed by atoms with Crippen molar-refractivity contribution in [3.63, 3.8) is 0 Å². The van der Waals surface area contributed by atoms with E-state index in [0.29, 0.717) is 0 Å². The van der Waals surface area contributed by atoms with E-state index in [-0.39, 0.29) is 11.0 Å². The van der Waals surface area contributed by atoms with E-state index in [2.05, 4.69) is 23.3 Å². The number of thiol groups is 1. The number of anilines is 1. The average Bonchev–Trinajstić information content (AvgIpc) is 2.07. The lowest BCUT2D eigenvalue weighted by molar-refractivity contribution is -0.117. The highest BCUT2D eigenvalue weighted by atomic mass is 32.1. The molecule has 0 aliphatic heterocycles. The van der Waals surface area contributed by atoms with Gasteiger partial charge in [0.2, 0.25) is 5.91 Å². The van der Waals surface area contributed by atoms with Gasteiger partial charge < -0.3 is 10.6 Å². The van der Waals surface area contributed by atoms with Crippen LogP contribution in [-0.2, 0) is 4.79 Å². The summed E-state index contributed by atoms with van der Waals surface area (Å²) in [4.78, 5) is 11.4. The minimum atomic E-state index is -0.195. The number of benzene rings is 1. The molecule has 0 heterocycles. The predicted octanol–water partition coefficient (Wildman–Crippen LogP) is 1.81. The SMILES string of the molecule is CC(=O)NC(=S)Nc1ccccc1S. The molecule has 1 rings (SSSR count). The maximum atomic E-state index is 10.7. The molecule has 0 aliphatic carbocycles. The lowest BCUT2D eigenvalue weighted by Gasteiger charge is -2.09. The van der Waals surface area contributed by atoms with Crippen LogP contribution in [0.1, 0.15) is 6.92 Å². The number of para-hydroxylation sites is 1. The summed E-state index contributed by atoms with van der Waals surface area (Å²) in [6, 6.07) is 7.39. The van der Waals surface area contributed by atoms with Crippen LogP contribution >= 0.6 is 24.8 Å². The molecule has 0 bridgehead atoms. The number of amides is 1. The van der Waals surface area contributed by atoms with Crippen LogP contribution < -0.4 is 10.6 Å². The van der Waals surface area contributed by atoms with Crippen LogP contribution in [-0.4, -0.2) is 11.0 Å². The molecule has 0 atom stereocenters. The molecule has 0 fully saturated rings. The van der Waals surface area contributed by atoms with Gasteiger partial charge in [-0.15, -0.1) is 12.6 Å². The van der Waals surface area contributed by atoms with Crippen LogP contribution in [0.3, 0.4) is 0 Å². The Morgan fingerprint density at radius 3 is 2.64 bits per heavy atom. The van der Waals surface area contributed by atoms with E-state index < -0.39 is 0 Å². The normalized spacial score (nSPS) is 9.29. The van der Waals surface area contributed by atoms with Gasteiger partial charge in [0.25, 0.3) is 0 Å². The minimum Gasteiger partial charge on any atom is -0.331 e. The molecule has 14 heavy (non-hydrogen) atoms. The first-order chi connectivity index (χ1) is 6.59. The Bertz CT molecular complexity index is 366. The summed E-state index contributed by atoms with van der Waals surface area (Å²) in [6.07, 6.45) is 0. The van der Waals surface area contributed by atoms with E-state index in [4.69, 9.17) is 12.2 Å². The van der Waals surface area contributed by atoms with Crippen molar-refractivity contribution < 1.29 is 4.79 Å². The van der Waals surface area contributed by atoms with Gasteiger partial charge in [-0.2, -0.15) is 0 Å². The molecule has 0 unspecified atom stereocenters. The van der Waals surface area contributed by atoms with Crippen molar-refractivity contribution in [3.8, 4) is 0 Å². The Morgan fingerprint density at radius 1 is 1.43 bits per heavy atom. The summed E-state index contributed by atoms with van der Waals surface area (Å²) in [7, 11) is 0. The Morgan fingerprint density at radius 2 is 2.07 bits per heavy atom. The first-order valence-corrected chi connectivity index (χ1v) is 4.81. The summed E-state index contributed by atoms with van der Waals surface area (Å²) < 4.78 is 0. The third-order valence-electron chi connectivity index (χ3n) is 1.44. The van der Waals surface area contributed by atoms with E-state index in [1.807, 2.05) is 24.3 Å². The average molecular weight is 226 g/mol. The quantitative estimate of drug-likeness (QED) is 0.505. The molecule has 1 amide bonds. The maximum Gasteiger partial charge on any atom is 0.222 e. The number of nitrogens with one attached hydrogen (secondary N) is 2. The van der Waals surface area contributed by atoms with Gasteiger partial charge in [-0.25, -0.2) is 0 Å². The molecule has 0 spiro atoms. The van der Waals surface area contributed by atoms with Crippen molar-refractivity contribution >= 4 is 41.6 Å². The standard InChI is InChI=1S/C9H10N2OS2/c1-6(12)10-9(14)11-7-4-2-3-5-8(7)13/h2-5,13H,1H3,(H2,10,11,12,14). The van der Waals surface area contributed by atoms with Crippen molar-refractivity contribution in [1.82, 2.24) is 5.32 Å². The molecule has 3 nitrogen and oxygen atoms in total. The fourth-order valence-electron chi connectivity index (χ4n) is 0.893. The van der Waals surface area contributed by atoms with Crippen LogP contribution in [0.25, 0.3) is 0 Å². The predicted molar refractivity (Wildman–Crippen MR) is 63.7 cm³/mol. The molecular weight excluding hydrogens is 216 g/mol.